The van der Waals surface area contributed by atoms with Crippen LogP contribution in [0.15, 0.2) is 9.59 Å². The minimum atomic E-state index is -0.514. The molecular formula is C16H23N5O3. The van der Waals surface area contributed by atoms with Crippen LogP contribution in [0.5, 0.6) is 0 Å². The maximum atomic E-state index is 12.7. The van der Waals surface area contributed by atoms with Crippen molar-refractivity contribution < 1.29 is 4.79 Å². The Hall–Kier alpha value is -2.38. The third-order valence-corrected chi connectivity index (χ3v) is 4.78. The van der Waals surface area contributed by atoms with Crippen LogP contribution in [0.2, 0.25) is 0 Å². The maximum Gasteiger partial charge on any atom is 0.332 e. The number of ketones is 1. The quantitative estimate of drug-likeness (QED) is 0.805. The van der Waals surface area contributed by atoms with E-state index in [2.05, 4.69) is 16.8 Å². The van der Waals surface area contributed by atoms with E-state index in [-0.39, 0.29) is 12.3 Å². The van der Waals surface area contributed by atoms with Crippen LogP contribution in [0.3, 0.4) is 0 Å². The zero-order chi connectivity index (χ0) is 17.6. The average Bonchev–Trinajstić information content (AvgIpc) is 2.88. The van der Waals surface area contributed by atoms with Crippen LogP contribution in [0, 0.1) is 5.92 Å². The Morgan fingerprint density at radius 3 is 2.38 bits per heavy atom. The van der Waals surface area contributed by atoms with Gasteiger partial charge < -0.3 is 9.47 Å². The van der Waals surface area contributed by atoms with Gasteiger partial charge in [-0.25, -0.2) is 4.79 Å². The Bertz CT molecular complexity index is 912. The van der Waals surface area contributed by atoms with E-state index in [1.54, 1.807) is 18.7 Å². The predicted molar refractivity (Wildman–Crippen MR) is 91.5 cm³/mol. The number of rotatable bonds is 3. The molecule has 0 unspecified atom stereocenters. The Morgan fingerprint density at radius 2 is 1.79 bits per heavy atom. The molecule has 0 bridgehead atoms. The number of hydrogen-bond donors (Lipinski definition) is 0. The summed E-state index contributed by atoms with van der Waals surface area (Å²) in [5.74, 6) is 1.15. The average molecular weight is 333 g/mol. The molecule has 1 aliphatic rings. The molecule has 0 amide bonds. The van der Waals surface area contributed by atoms with Gasteiger partial charge in [0.25, 0.3) is 5.56 Å². The van der Waals surface area contributed by atoms with Crippen LogP contribution < -0.4 is 16.1 Å². The zero-order valence-corrected chi connectivity index (χ0v) is 14.6. The van der Waals surface area contributed by atoms with Crippen LogP contribution >= 0.6 is 0 Å². The molecule has 0 aromatic carbocycles. The Balaban J connectivity index is 2.19. The molecule has 2 aromatic rings. The van der Waals surface area contributed by atoms with Crippen molar-refractivity contribution in [3.05, 3.63) is 20.8 Å². The summed E-state index contributed by atoms with van der Waals surface area (Å²) < 4.78 is 4.06. The summed E-state index contributed by atoms with van der Waals surface area (Å²) in [5.41, 5.74) is -0.262. The lowest BCUT2D eigenvalue weighted by Gasteiger charge is -2.30. The van der Waals surface area contributed by atoms with Crippen molar-refractivity contribution in [2.75, 3.05) is 18.0 Å². The first-order chi connectivity index (χ1) is 11.3. The van der Waals surface area contributed by atoms with Crippen molar-refractivity contribution in [2.24, 2.45) is 20.0 Å². The van der Waals surface area contributed by atoms with Gasteiger partial charge in [-0.05, 0) is 25.7 Å². The highest BCUT2D eigenvalue weighted by Crippen LogP contribution is 2.23. The number of aromatic nitrogens is 4. The molecule has 2 aromatic heterocycles. The van der Waals surface area contributed by atoms with Crippen molar-refractivity contribution >= 4 is 22.9 Å². The van der Waals surface area contributed by atoms with Crippen LogP contribution in [-0.4, -0.2) is 37.6 Å². The van der Waals surface area contributed by atoms with Crippen LogP contribution in [0.25, 0.3) is 11.2 Å². The fraction of sp³-hybridized carbons (Fsp3) is 0.625. The molecule has 0 saturated carbocycles. The number of imidazole rings is 1. The van der Waals surface area contributed by atoms with E-state index < -0.39 is 11.2 Å². The second-order valence-electron chi connectivity index (χ2n) is 6.75. The lowest BCUT2D eigenvalue weighted by atomic mass is 10.00. The molecule has 1 saturated heterocycles. The van der Waals surface area contributed by atoms with Gasteiger partial charge in [0.05, 0.1) is 6.54 Å². The first-order valence-electron chi connectivity index (χ1n) is 8.22. The molecule has 0 aliphatic carbocycles. The first-order valence-corrected chi connectivity index (χ1v) is 8.22. The van der Waals surface area contributed by atoms with Gasteiger partial charge in [0, 0.05) is 27.2 Å². The molecule has 1 fully saturated rings. The number of Topliss-reactive ketones (excluding diaryl/α,β-unsaturated/α-hetero) is 1. The van der Waals surface area contributed by atoms with Crippen molar-refractivity contribution in [3.63, 3.8) is 0 Å². The molecule has 24 heavy (non-hydrogen) atoms. The highest BCUT2D eigenvalue weighted by Gasteiger charge is 2.24. The monoisotopic (exact) mass is 333 g/mol. The molecule has 3 rings (SSSR count). The van der Waals surface area contributed by atoms with Crippen LogP contribution in [0.1, 0.15) is 26.7 Å². The predicted octanol–water partition coefficient (Wildman–Crippen LogP) is 0.259. The van der Waals surface area contributed by atoms with E-state index in [9.17, 15) is 14.4 Å². The number of aryl methyl sites for hydroxylation is 2. The van der Waals surface area contributed by atoms with Gasteiger partial charge in [0.1, 0.15) is 5.78 Å². The largest absolute Gasteiger partial charge is 0.342 e. The standard InChI is InChI=1S/C16H23N5O3/c1-10-5-7-20(8-6-10)15-17-13-12(18(15)3)14(23)21(9-11(2)22)16(24)19(13)4/h10H,5-9H2,1-4H3. The fourth-order valence-corrected chi connectivity index (χ4v) is 3.29. The van der Waals surface area contributed by atoms with Gasteiger partial charge in [-0.15, -0.1) is 0 Å². The summed E-state index contributed by atoms with van der Waals surface area (Å²) in [5, 5.41) is 0. The van der Waals surface area contributed by atoms with Gasteiger partial charge in [-0.2, -0.15) is 4.98 Å². The third-order valence-electron chi connectivity index (χ3n) is 4.78. The van der Waals surface area contributed by atoms with E-state index in [0.29, 0.717) is 23.0 Å². The number of nitrogens with zero attached hydrogens (tertiary/aromatic N) is 5. The van der Waals surface area contributed by atoms with Gasteiger partial charge in [0.15, 0.2) is 11.2 Å². The maximum absolute atomic E-state index is 12.7. The number of carbonyl (C=O) groups is 1. The van der Waals surface area contributed by atoms with E-state index in [4.69, 9.17) is 0 Å². The number of anilines is 1. The van der Waals surface area contributed by atoms with Crippen molar-refractivity contribution in [3.8, 4) is 0 Å². The molecule has 3 heterocycles. The molecule has 0 spiro atoms. The summed E-state index contributed by atoms with van der Waals surface area (Å²) in [6, 6.07) is 0. The molecule has 0 radical (unpaired) electrons. The summed E-state index contributed by atoms with van der Waals surface area (Å²) in [6.45, 7) is 5.14. The Kier molecular flexibility index (Phi) is 4.06. The normalized spacial score (nSPS) is 16.1. The lowest BCUT2D eigenvalue weighted by Crippen LogP contribution is -2.41. The summed E-state index contributed by atoms with van der Waals surface area (Å²) in [7, 11) is 3.36. The van der Waals surface area contributed by atoms with Crippen LogP contribution in [0.4, 0.5) is 5.95 Å². The topological polar surface area (TPSA) is 82.1 Å². The van der Waals surface area contributed by atoms with Crippen molar-refractivity contribution in [1.82, 2.24) is 18.7 Å². The first kappa shape index (κ1) is 16.5. The van der Waals surface area contributed by atoms with E-state index in [1.807, 2.05) is 0 Å². The van der Waals surface area contributed by atoms with Crippen LogP contribution in [-0.2, 0) is 25.4 Å². The fourth-order valence-electron chi connectivity index (χ4n) is 3.29. The minimum absolute atomic E-state index is 0.219. The lowest BCUT2D eigenvalue weighted by molar-refractivity contribution is -0.117. The highest BCUT2D eigenvalue weighted by atomic mass is 16.2. The van der Waals surface area contributed by atoms with Gasteiger partial charge in [0.2, 0.25) is 5.95 Å². The second kappa shape index (κ2) is 5.92. The number of piperidine rings is 1. The van der Waals surface area contributed by atoms with Gasteiger partial charge in [-0.3, -0.25) is 18.7 Å². The molecular weight excluding hydrogens is 310 g/mol. The SMILES string of the molecule is CC(=O)Cn1c(=O)c2c(nc(N3CCC(C)CC3)n2C)n(C)c1=O. The van der Waals surface area contributed by atoms with E-state index in [0.717, 1.165) is 30.5 Å². The zero-order valence-electron chi connectivity index (χ0n) is 14.6. The Labute approximate surface area is 139 Å². The smallest absolute Gasteiger partial charge is 0.332 e. The minimum Gasteiger partial charge on any atom is -0.342 e. The number of carbonyl (C=O) groups excluding carboxylic acids is 1. The second-order valence-corrected chi connectivity index (χ2v) is 6.75. The van der Waals surface area contributed by atoms with Crippen molar-refractivity contribution in [2.45, 2.75) is 33.2 Å². The molecule has 0 atom stereocenters. The highest BCUT2D eigenvalue weighted by molar-refractivity contribution is 5.77. The molecule has 0 N–H and O–H groups in total. The summed E-state index contributed by atoms with van der Waals surface area (Å²) in [6.07, 6.45) is 2.16. The molecule has 130 valence electrons. The van der Waals surface area contributed by atoms with E-state index in [1.165, 1.54) is 11.5 Å². The van der Waals surface area contributed by atoms with E-state index >= 15 is 0 Å². The van der Waals surface area contributed by atoms with Crippen molar-refractivity contribution in [1.29, 1.82) is 0 Å². The van der Waals surface area contributed by atoms with Gasteiger partial charge >= 0.3 is 5.69 Å². The summed E-state index contributed by atoms with van der Waals surface area (Å²) >= 11 is 0. The molecule has 8 nitrogen and oxygen atoms in total. The number of hydrogen-bond acceptors (Lipinski definition) is 5. The molecule has 1 aliphatic heterocycles. The molecule has 8 heteroatoms. The third kappa shape index (κ3) is 2.55. The number of fused-ring (bicyclic) bond motifs is 1. The summed E-state index contributed by atoms with van der Waals surface area (Å²) in [4.78, 5) is 43.2. The Morgan fingerprint density at radius 1 is 1.17 bits per heavy atom. The van der Waals surface area contributed by atoms with Gasteiger partial charge in [-0.1, -0.05) is 6.92 Å².